The van der Waals surface area contributed by atoms with Gasteiger partial charge in [0.2, 0.25) is 0 Å². The van der Waals surface area contributed by atoms with E-state index in [1.165, 1.54) is 27.6 Å². The largest absolute Gasteiger partial charge is 0.355 e. The number of nitrogens with zero attached hydrogens (tertiary/aromatic N) is 2. The molecule has 0 saturated heterocycles. The molecule has 61 heavy (non-hydrogen) atoms. The SMILES string of the molecule is c1ccc(Nc2ccccc2-c2ccc3ccc(N(c4ccc(-c5ccccc5)cc4)c4cccc(N(c5ccccc5)c5ccc(-c6ccccc6)cc5)c4)cc3c2)cc1. The molecule has 0 aliphatic carbocycles. The number of para-hydroxylation sites is 3. The van der Waals surface area contributed by atoms with E-state index in [1.807, 2.05) is 6.07 Å². The molecule has 1 N–H and O–H groups in total. The van der Waals surface area contributed by atoms with Crippen LogP contribution in [-0.2, 0) is 0 Å². The first-order valence-corrected chi connectivity index (χ1v) is 20.8. The molecule has 290 valence electrons. The van der Waals surface area contributed by atoms with Crippen LogP contribution in [0.4, 0.5) is 45.5 Å². The van der Waals surface area contributed by atoms with Gasteiger partial charge in [0.15, 0.2) is 0 Å². The van der Waals surface area contributed by atoms with Crippen molar-refractivity contribution in [3.8, 4) is 33.4 Å². The van der Waals surface area contributed by atoms with E-state index in [4.69, 9.17) is 0 Å². The monoisotopic (exact) mass is 781 g/mol. The van der Waals surface area contributed by atoms with Crippen LogP contribution in [-0.4, -0.2) is 0 Å². The Kier molecular flexibility index (Phi) is 10.3. The van der Waals surface area contributed by atoms with Crippen molar-refractivity contribution in [2.45, 2.75) is 0 Å². The molecule has 0 bridgehead atoms. The number of rotatable bonds is 11. The molecular formula is C58H43N3. The van der Waals surface area contributed by atoms with Gasteiger partial charge < -0.3 is 15.1 Å². The van der Waals surface area contributed by atoms with E-state index in [2.05, 4.69) is 264 Å². The predicted octanol–water partition coefficient (Wildman–Crippen LogP) is 16.5. The highest BCUT2D eigenvalue weighted by atomic mass is 15.2. The Morgan fingerprint density at radius 3 is 1.26 bits per heavy atom. The van der Waals surface area contributed by atoms with Gasteiger partial charge >= 0.3 is 0 Å². The van der Waals surface area contributed by atoms with Gasteiger partial charge in [-0.05, 0) is 130 Å². The normalized spacial score (nSPS) is 11.0. The molecule has 0 spiro atoms. The Bertz CT molecular complexity index is 3020. The van der Waals surface area contributed by atoms with Crippen molar-refractivity contribution < 1.29 is 0 Å². The van der Waals surface area contributed by atoms with E-state index in [0.29, 0.717) is 0 Å². The van der Waals surface area contributed by atoms with Crippen molar-refractivity contribution >= 4 is 56.3 Å². The maximum absolute atomic E-state index is 3.64. The molecule has 10 aromatic rings. The van der Waals surface area contributed by atoms with Crippen molar-refractivity contribution in [3.63, 3.8) is 0 Å². The molecule has 0 fully saturated rings. The topological polar surface area (TPSA) is 18.5 Å². The Labute approximate surface area is 358 Å². The van der Waals surface area contributed by atoms with Crippen molar-refractivity contribution in [3.05, 3.63) is 255 Å². The lowest BCUT2D eigenvalue weighted by molar-refractivity contribution is 1.25. The van der Waals surface area contributed by atoms with Gasteiger partial charge in [0.1, 0.15) is 0 Å². The molecule has 3 heteroatoms. The van der Waals surface area contributed by atoms with Gasteiger partial charge in [-0.1, -0.05) is 164 Å². The van der Waals surface area contributed by atoms with Crippen LogP contribution in [0.2, 0.25) is 0 Å². The van der Waals surface area contributed by atoms with E-state index >= 15 is 0 Å². The minimum atomic E-state index is 1.06. The summed E-state index contributed by atoms with van der Waals surface area (Å²) in [5.41, 5.74) is 15.6. The molecule has 10 aromatic carbocycles. The zero-order valence-corrected chi connectivity index (χ0v) is 33.6. The molecular weight excluding hydrogens is 739 g/mol. The Hall–Kier alpha value is -8.14. The molecule has 10 rings (SSSR count). The third kappa shape index (κ3) is 8.01. The smallest absolute Gasteiger partial charge is 0.0482 e. The van der Waals surface area contributed by atoms with Crippen LogP contribution in [0.15, 0.2) is 255 Å². The van der Waals surface area contributed by atoms with E-state index in [9.17, 15) is 0 Å². The van der Waals surface area contributed by atoms with Gasteiger partial charge in [-0.3, -0.25) is 0 Å². The van der Waals surface area contributed by atoms with E-state index in [1.54, 1.807) is 0 Å². The molecule has 0 radical (unpaired) electrons. The average Bonchev–Trinajstić information content (AvgIpc) is 3.33. The highest BCUT2D eigenvalue weighted by Crippen LogP contribution is 2.42. The average molecular weight is 782 g/mol. The molecule has 0 aliphatic rings. The first-order valence-electron chi connectivity index (χ1n) is 20.8. The maximum atomic E-state index is 3.64. The quantitative estimate of drug-likeness (QED) is 0.141. The summed E-state index contributed by atoms with van der Waals surface area (Å²) in [5.74, 6) is 0. The minimum Gasteiger partial charge on any atom is -0.355 e. The number of hydrogen-bond acceptors (Lipinski definition) is 3. The third-order valence-electron chi connectivity index (χ3n) is 11.2. The standard InChI is InChI=1S/C58H43N3/c1-5-16-43(17-6-1)45-30-35-52(36-31-45)60(51-22-11-4-12-23-51)54-24-15-25-55(42-54)61(53-37-32-46(33-38-53)44-18-7-2-8-19-44)56-39-34-47-28-29-48(40-49(47)41-56)57-26-13-14-27-58(57)59-50-20-9-3-10-21-50/h1-42,59H. The maximum Gasteiger partial charge on any atom is 0.0482 e. The highest BCUT2D eigenvalue weighted by molar-refractivity contribution is 5.94. The second-order valence-corrected chi connectivity index (χ2v) is 15.1. The van der Waals surface area contributed by atoms with Crippen LogP contribution in [0.5, 0.6) is 0 Å². The molecule has 3 nitrogen and oxygen atoms in total. The van der Waals surface area contributed by atoms with Gasteiger partial charge in [0.25, 0.3) is 0 Å². The molecule has 0 amide bonds. The van der Waals surface area contributed by atoms with Gasteiger partial charge in [-0.2, -0.15) is 0 Å². The number of hydrogen-bond donors (Lipinski definition) is 1. The van der Waals surface area contributed by atoms with Crippen LogP contribution in [0.3, 0.4) is 0 Å². The summed E-state index contributed by atoms with van der Waals surface area (Å²) in [6.45, 7) is 0. The fraction of sp³-hybridized carbons (Fsp3) is 0. The fourth-order valence-corrected chi connectivity index (χ4v) is 8.17. The fourth-order valence-electron chi connectivity index (χ4n) is 8.17. The number of nitrogens with one attached hydrogen (secondary N) is 1. The van der Waals surface area contributed by atoms with Gasteiger partial charge in [0, 0.05) is 51.1 Å². The van der Waals surface area contributed by atoms with Gasteiger partial charge in [-0.15, -0.1) is 0 Å². The van der Waals surface area contributed by atoms with Crippen molar-refractivity contribution in [2.24, 2.45) is 0 Å². The Morgan fingerprint density at radius 1 is 0.246 bits per heavy atom. The lowest BCUT2D eigenvalue weighted by Gasteiger charge is -2.29. The second-order valence-electron chi connectivity index (χ2n) is 15.1. The summed E-state index contributed by atoms with van der Waals surface area (Å²) in [6, 6.07) is 90.8. The van der Waals surface area contributed by atoms with Crippen molar-refractivity contribution in [1.82, 2.24) is 0 Å². The summed E-state index contributed by atoms with van der Waals surface area (Å²) >= 11 is 0. The van der Waals surface area contributed by atoms with Gasteiger partial charge in [0.05, 0.1) is 0 Å². The zero-order valence-electron chi connectivity index (χ0n) is 33.6. The van der Waals surface area contributed by atoms with Crippen LogP contribution in [0, 0.1) is 0 Å². The molecule has 0 aromatic heterocycles. The molecule has 0 aliphatic heterocycles. The van der Waals surface area contributed by atoms with Crippen LogP contribution in [0.1, 0.15) is 0 Å². The number of fused-ring (bicyclic) bond motifs is 1. The molecule has 0 atom stereocenters. The lowest BCUT2D eigenvalue weighted by Crippen LogP contribution is -2.13. The van der Waals surface area contributed by atoms with E-state index in [0.717, 1.165) is 62.0 Å². The van der Waals surface area contributed by atoms with Gasteiger partial charge in [-0.25, -0.2) is 0 Å². The third-order valence-corrected chi connectivity index (χ3v) is 11.2. The summed E-state index contributed by atoms with van der Waals surface area (Å²) in [5, 5.41) is 5.99. The summed E-state index contributed by atoms with van der Waals surface area (Å²) in [4.78, 5) is 4.71. The molecule has 0 heterocycles. The predicted molar refractivity (Wildman–Crippen MR) is 259 cm³/mol. The second kappa shape index (κ2) is 17.0. The Balaban J connectivity index is 1.08. The first-order chi connectivity index (χ1) is 30.2. The minimum absolute atomic E-state index is 1.06. The van der Waals surface area contributed by atoms with Crippen LogP contribution >= 0.6 is 0 Å². The summed E-state index contributed by atoms with van der Waals surface area (Å²) in [7, 11) is 0. The highest BCUT2D eigenvalue weighted by Gasteiger charge is 2.18. The first kappa shape index (κ1) is 37.2. The van der Waals surface area contributed by atoms with E-state index in [-0.39, 0.29) is 0 Å². The van der Waals surface area contributed by atoms with Crippen LogP contribution < -0.4 is 15.1 Å². The van der Waals surface area contributed by atoms with Crippen molar-refractivity contribution in [2.75, 3.05) is 15.1 Å². The number of anilines is 8. The van der Waals surface area contributed by atoms with E-state index < -0.39 is 0 Å². The summed E-state index contributed by atoms with van der Waals surface area (Å²) in [6.07, 6.45) is 0. The molecule has 0 unspecified atom stereocenters. The summed E-state index contributed by atoms with van der Waals surface area (Å²) < 4.78 is 0. The molecule has 0 saturated carbocycles. The Morgan fingerprint density at radius 2 is 0.656 bits per heavy atom. The van der Waals surface area contributed by atoms with Crippen molar-refractivity contribution in [1.29, 1.82) is 0 Å². The number of benzene rings is 10. The van der Waals surface area contributed by atoms with Crippen LogP contribution in [0.25, 0.3) is 44.2 Å². The lowest BCUT2D eigenvalue weighted by atomic mass is 9.99. The zero-order chi connectivity index (χ0) is 40.8.